The molecule has 1 N–H and O–H groups in total. The van der Waals surface area contributed by atoms with Crippen LogP contribution in [-0.4, -0.2) is 25.7 Å². The highest BCUT2D eigenvalue weighted by molar-refractivity contribution is 7.92. The largest absolute Gasteiger partial charge is 0.480 e. The van der Waals surface area contributed by atoms with E-state index >= 15 is 0 Å². The van der Waals surface area contributed by atoms with Crippen LogP contribution in [0.3, 0.4) is 0 Å². The minimum absolute atomic E-state index is 0.216. The van der Waals surface area contributed by atoms with E-state index in [0.717, 1.165) is 11.1 Å². The highest BCUT2D eigenvalue weighted by Gasteiger charge is 2.14. The molecule has 0 amide bonds. The van der Waals surface area contributed by atoms with Crippen LogP contribution in [0.1, 0.15) is 5.56 Å². The number of methoxy groups -OCH3 is 1. The minimum Gasteiger partial charge on any atom is -0.480 e. The van der Waals surface area contributed by atoms with Gasteiger partial charge < -0.3 is 4.74 Å². The zero-order valence-electron chi connectivity index (χ0n) is 13.8. The van der Waals surface area contributed by atoms with Crippen molar-refractivity contribution in [3.05, 3.63) is 66.2 Å². The molecule has 0 spiro atoms. The van der Waals surface area contributed by atoms with E-state index < -0.39 is 10.0 Å². The van der Waals surface area contributed by atoms with Gasteiger partial charge in [-0.1, -0.05) is 29.8 Å². The second-order valence-corrected chi connectivity index (χ2v) is 7.14. The second-order valence-electron chi connectivity index (χ2n) is 5.46. The number of aromatic nitrogens is 2. The molecule has 0 fully saturated rings. The summed E-state index contributed by atoms with van der Waals surface area (Å²) in [6, 6.07) is 17.1. The summed E-state index contributed by atoms with van der Waals surface area (Å²) in [5.41, 5.74) is 2.83. The van der Waals surface area contributed by atoms with Crippen LogP contribution in [0.2, 0.25) is 0 Å². The Morgan fingerprint density at radius 2 is 1.72 bits per heavy atom. The van der Waals surface area contributed by atoms with Crippen molar-refractivity contribution in [1.82, 2.24) is 10.2 Å². The number of nitrogens with zero attached hydrogens (tertiary/aromatic N) is 2. The molecule has 0 bridgehead atoms. The molecular formula is C18H17N3O3S. The van der Waals surface area contributed by atoms with E-state index in [1.165, 1.54) is 7.11 Å². The van der Waals surface area contributed by atoms with Crippen LogP contribution in [0.5, 0.6) is 5.88 Å². The van der Waals surface area contributed by atoms with Crippen molar-refractivity contribution in [3.63, 3.8) is 0 Å². The smallest absolute Gasteiger partial charge is 0.261 e. The number of anilines is 1. The highest BCUT2D eigenvalue weighted by atomic mass is 32.2. The molecule has 0 aliphatic rings. The summed E-state index contributed by atoms with van der Waals surface area (Å²) in [5, 5.41) is 8.00. The number of hydrogen-bond acceptors (Lipinski definition) is 5. The van der Waals surface area contributed by atoms with Gasteiger partial charge in [0.05, 0.1) is 17.7 Å². The van der Waals surface area contributed by atoms with Gasteiger partial charge >= 0.3 is 0 Å². The maximum Gasteiger partial charge on any atom is 0.261 e. The first kappa shape index (κ1) is 16.9. The summed E-state index contributed by atoms with van der Waals surface area (Å²) in [6.07, 6.45) is 0. The van der Waals surface area contributed by atoms with Gasteiger partial charge in [0.15, 0.2) is 0 Å². The zero-order chi connectivity index (χ0) is 17.9. The second kappa shape index (κ2) is 6.90. The molecule has 3 rings (SSSR count). The van der Waals surface area contributed by atoms with E-state index in [-0.39, 0.29) is 4.90 Å². The van der Waals surface area contributed by atoms with Gasteiger partial charge in [-0.2, -0.15) is 0 Å². The van der Waals surface area contributed by atoms with Crippen LogP contribution in [0.4, 0.5) is 5.69 Å². The predicted molar refractivity (Wildman–Crippen MR) is 96.0 cm³/mol. The fraction of sp³-hybridized carbons (Fsp3) is 0.111. The van der Waals surface area contributed by atoms with Gasteiger partial charge in [-0.25, -0.2) is 8.42 Å². The topological polar surface area (TPSA) is 81.2 Å². The minimum atomic E-state index is -3.65. The lowest BCUT2D eigenvalue weighted by Crippen LogP contribution is -2.12. The summed E-state index contributed by atoms with van der Waals surface area (Å²) in [4.78, 5) is 0.216. The van der Waals surface area contributed by atoms with Gasteiger partial charge in [-0.05, 0) is 37.3 Å². The van der Waals surface area contributed by atoms with E-state index in [0.29, 0.717) is 17.3 Å². The van der Waals surface area contributed by atoms with Gasteiger partial charge in [0, 0.05) is 17.3 Å². The fourth-order valence-electron chi connectivity index (χ4n) is 2.26. The average molecular weight is 355 g/mol. The Labute approximate surface area is 146 Å². The molecule has 7 heteroatoms. The molecule has 0 saturated heterocycles. The van der Waals surface area contributed by atoms with Crippen LogP contribution in [0.15, 0.2) is 65.6 Å². The van der Waals surface area contributed by atoms with Gasteiger partial charge in [0.1, 0.15) is 0 Å². The van der Waals surface area contributed by atoms with Gasteiger partial charge in [-0.15, -0.1) is 10.2 Å². The lowest BCUT2D eigenvalue weighted by Gasteiger charge is -2.10. The van der Waals surface area contributed by atoms with Crippen LogP contribution < -0.4 is 9.46 Å². The summed E-state index contributed by atoms with van der Waals surface area (Å²) in [6.45, 7) is 1.91. The number of hydrogen-bond donors (Lipinski definition) is 1. The summed E-state index contributed by atoms with van der Waals surface area (Å²) >= 11 is 0. The summed E-state index contributed by atoms with van der Waals surface area (Å²) in [7, 11) is -2.13. The predicted octanol–water partition coefficient (Wildman–Crippen LogP) is 3.26. The van der Waals surface area contributed by atoms with E-state index in [9.17, 15) is 8.42 Å². The van der Waals surface area contributed by atoms with Crippen molar-refractivity contribution >= 4 is 15.7 Å². The lowest BCUT2D eigenvalue weighted by molar-refractivity contribution is 0.392. The fourth-order valence-corrected chi connectivity index (χ4v) is 3.31. The molecule has 0 saturated carbocycles. The Bertz CT molecular complexity index is 969. The molecule has 1 aromatic heterocycles. The molecular weight excluding hydrogens is 338 g/mol. The molecule has 128 valence electrons. The van der Waals surface area contributed by atoms with Crippen LogP contribution in [0.25, 0.3) is 11.3 Å². The third-order valence-electron chi connectivity index (χ3n) is 3.59. The highest BCUT2D eigenvalue weighted by Crippen LogP contribution is 2.23. The van der Waals surface area contributed by atoms with Crippen LogP contribution >= 0.6 is 0 Å². The molecule has 0 radical (unpaired) electrons. The standard InChI is InChI=1S/C18H17N3O3S/c1-13-6-8-16(9-7-13)25(22,23)21-15-5-3-4-14(12-15)17-10-11-18(24-2)20-19-17/h3-12,21H,1-2H3. The van der Waals surface area contributed by atoms with Crippen molar-refractivity contribution in [1.29, 1.82) is 0 Å². The summed E-state index contributed by atoms with van der Waals surface area (Å²) < 4.78 is 32.5. The third kappa shape index (κ3) is 3.95. The van der Waals surface area contributed by atoms with Crippen molar-refractivity contribution < 1.29 is 13.2 Å². The molecule has 3 aromatic rings. The van der Waals surface area contributed by atoms with Crippen molar-refractivity contribution in [2.45, 2.75) is 11.8 Å². The first-order valence-electron chi connectivity index (χ1n) is 7.55. The number of rotatable bonds is 5. The zero-order valence-corrected chi connectivity index (χ0v) is 14.6. The van der Waals surface area contributed by atoms with Crippen molar-refractivity contribution in [2.24, 2.45) is 0 Å². The Morgan fingerprint density at radius 3 is 2.36 bits per heavy atom. The van der Waals surface area contributed by atoms with Crippen LogP contribution in [0, 0.1) is 6.92 Å². The molecule has 2 aromatic carbocycles. The Kier molecular flexibility index (Phi) is 4.67. The Balaban J connectivity index is 1.87. The van der Waals surface area contributed by atoms with Crippen LogP contribution in [-0.2, 0) is 10.0 Å². The molecule has 1 heterocycles. The maximum atomic E-state index is 12.5. The van der Waals surface area contributed by atoms with E-state index in [2.05, 4.69) is 14.9 Å². The lowest BCUT2D eigenvalue weighted by atomic mass is 10.1. The van der Waals surface area contributed by atoms with Gasteiger partial charge in [0.25, 0.3) is 10.0 Å². The van der Waals surface area contributed by atoms with E-state index in [4.69, 9.17) is 4.74 Å². The first-order valence-corrected chi connectivity index (χ1v) is 9.04. The average Bonchev–Trinajstić information content (AvgIpc) is 2.62. The SMILES string of the molecule is COc1ccc(-c2cccc(NS(=O)(=O)c3ccc(C)cc3)c2)nn1. The summed E-state index contributed by atoms with van der Waals surface area (Å²) in [5.74, 6) is 0.417. The quantitative estimate of drug-likeness (QED) is 0.760. The number of ether oxygens (including phenoxy) is 1. The van der Waals surface area contributed by atoms with Gasteiger partial charge in [0.2, 0.25) is 5.88 Å². The number of aryl methyl sites for hydroxylation is 1. The Hall–Kier alpha value is -2.93. The van der Waals surface area contributed by atoms with Gasteiger partial charge in [-0.3, -0.25) is 4.72 Å². The number of nitrogens with one attached hydrogen (secondary N) is 1. The molecule has 0 unspecified atom stereocenters. The van der Waals surface area contributed by atoms with Crippen molar-refractivity contribution in [2.75, 3.05) is 11.8 Å². The molecule has 0 aliphatic heterocycles. The first-order chi connectivity index (χ1) is 12.0. The maximum absolute atomic E-state index is 12.5. The number of benzene rings is 2. The Morgan fingerprint density at radius 1 is 0.960 bits per heavy atom. The normalized spacial score (nSPS) is 11.1. The monoisotopic (exact) mass is 355 g/mol. The molecule has 0 aliphatic carbocycles. The van der Waals surface area contributed by atoms with E-state index in [1.54, 1.807) is 54.6 Å². The van der Waals surface area contributed by atoms with Crippen molar-refractivity contribution in [3.8, 4) is 17.1 Å². The molecule has 6 nitrogen and oxygen atoms in total. The number of sulfonamides is 1. The van der Waals surface area contributed by atoms with E-state index in [1.807, 2.05) is 13.0 Å². The molecule has 0 atom stereocenters. The third-order valence-corrected chi connectivity index (χ3v) is 4.99. The molecule has 25 heavy (non-hydrogen) atoms.